The number of allylic oxidation sites excluding steroid dienone is 4. The van der Waals surface area contributed by atoms with Gasteiger partial charge in [0.1, 0.15) is 24.4 Å². The minimum atomic E-state index is -0.606. The summed E-state index contributed by atoms with van der Waals surface area (Å²) in [6.45, 7) is 6.17. The SMILES string of the molecule is CC[C@@H]1OC(OC2CC3C=CC4C5CC(=O)OC(c6ccoc6)CCCC(OC6CC[C@@H](N(C)C)[C@@H](C)O6)C(C)C(=O)C5=CC4C3C2)C(OC)C(OC)C1OC. The molecule has 1 saturated carbocycles. The number of carbonyl (C=O) groups is 2. The molecule has 3 aliphatic carbocycles. The van der Waals surface area contributed by atoms with E-state index in [9.17, 15) is 9.59 Å². The van der Waals surface area contributed by atoms with Crippen molar-refractivity contribution in [3.05, 3.63) is 48.0 Å². The number of furan rings is 1. The molecule has 6 aliphatic rings. The highest BCUT2D eigenvalue weighted by atomic mass is 16.7. The van der Waals surface area contributed by atoms with Crippen molar-refractivity contribution in [2.45, 2.75) is 146 Å². The molecule has 0 amide bonds. The Kier molecular flexibility index (Phi) is 13.6. The van der Waals surface area contributed by atoms with Gasteiger partial charge in [-0.15, -0.1) is 0 Å². The second-order valence-electron chi connectivity index (χ2n) is 17.3. The second kappa shape index (κ2) is 18.2. The Hall–Kier alpha value is -2.42. The predicted molar refractivity (Wildman–Crippen MR) is 206 cm³/mol. The fraction of sp³-hybridized carbons (Fsp3) is 0.773. The molecule has 312 valence electrons. The lowest BCUT2D eigenvalue weighted by Crippen LogP contribution is -2.60. The average molecular weight is 784 g/mol. The van der Waals surface area contributed by atoms with Crippen LogP contribution in [0.1, 0.15) is 90.2 Å². The van der Waals surface area contributed by atoms with E-state index in [1.807, 2.05) is 13.0 Å². The van der Waals surface area contributed by atoms with E-state index in [1.165, 1.54) is 0 Å². The molecule has 0 radical (unpaired) electrons. The van der Waals surface area contributed by atoms with Crippen LogP contribution in [0.15, 0.2) is 46.8 Å². The summed E-state index contributed by atoms with van der Waals surface area (Å²) in [5.41, 5.74) is 1.57. The zero-order chi connectivity index (χ0) is 39.7. The Balaban J connectivity index is 1.12. The number of hydrogen-bond acceptors (Lipinski definition) is 12. The number of methoxy groups -OCH3 is 3. The van der Waals surface area contributed by atoms with Crippen molar-refractivity contribution in [1.82, 2.24) is 4.90 Å². The van der Waals surface area contributed by atoms with Crippen LogP contribution < -0.4 is 0 Å². The Morgan fingerprint density at radius 1 is 0.875 bits per heavy atom. The summed E-state index contributed by atoms with van der Waals surface area (Å²) in [6.07, 6.45) is 13.1. The molecule has 17 atom stereocenters. The van der Waals surface area contributed by atoms with Crippen LogP contribution in [0.3, 0.4) is 0 Å². The van der Waals surface area contributed by atoms with Crippen molar-refractivity contribution >= 4 is 11.8 Å². The van der Waals surface area contributed by atoms with Crippen molar-refractivity contribution in [2.24, 2.45) is 35.5 Å². The lowest BCUT2D eigenvalue weighted by molar-refractivity contribution is -0.317. The van der Waals surface area contributed by atoms with Crippen molar-refractivity contribution < 1.29 is 51.9 Å². The number of hydrogen-bond donors (Lipinski definition) is 0. The smallest absolute Gasteiger partial charge is 0.307 e. The lowest BCUT2D eigenvalue weighted by atomic mass is 9.70. The molecular weight excluding hydrogens is 718 g/mol. The van der Waals surface area contributed by atoms with E-state index in [4.69, 9.17) is 42.3 Å². The fourth-order valence-electron chi connectivity index (χ4n) is 10.9. The first-order chi connectivity index (χ1) is 27.0. The number of Topliss-reactive ketones (excluding diaryl/α,β-unsaturated/α-hetero) is 1. The van der Waals surface area contributed by atoms with Gasteiger partial charge >= 0.3 is 5.97 Å². The molecule has 0 aromatic carbocycles. The van der Waals surface area contributed by atoms with Gasteiger partial charge in [-0.05, 0) is 108 Å². The van der Waals surface area contributed by atoms with Gasteiger partial charge < -0.3 is 47.2 Å². The number of esters is 1. The Labute approximate surface area is 332 Å². The van der Waals surface area contributed by atoms with Gasteiger partial charge in [-0.3, -0.25) is 9.59 Å². The van der Waals surface area contributed by atoms with Gasteiger partial charge in [-0.25, -0.2) is 0 Å². The van der Waals surface area contributed by atoms with Crippen molar-refractivity contribution in [1.29, 1.82) is 0 Å². The highest BCUT2D eigenvalue weighted by molar-refractivity contribution is 5.99. The van der Waals surface area contributed by atoms with Gasteiger partial charge in [0, 0.05) is 44.8 Å². The van der Waals surface area contributed by atoms with E-state index in [-0.39, 0.29) is 90.7 Å². The van der Waals surface area contributed by atoms with E-state index >= 15 is 0 Å². The third kappa shape index (κ3) is 8.50. The molecular formula is C44H65NO11. The van der Waals surface area contributed by atoms with Crippen molar-refractivity contribution in [3.8, 4) is 0 Å². The molecule has 1 aromatic heterocycles. The minimum Gasteiger partial charge on any atom is -0.472 e. The maximum atomic E-state index is 14.8. The summed E-state index contributed by atoms with van der Waals surface area (Å²) < 4.78 is 55.6. The number of likely N-dealkylation sites (N-methyl/N-ethyl adjacent to an activating group) is 1. The second-order valence-corrected chi connectivity index (χ2v) is 17.3. The predicted octanol–water partition coefficient (Wildman–Crippen LogP) is 6.43. The van der Waals surface area contributed by atoms with Gasteiger partial charge in [0.15, 0.2) is 18.4 Å². The standard InChI is InChI=1S/C44H65NO11/c1-9-35-41(48-6)42(49-7)43(50-8)44(56-35)53-28-19-26-13-14-29-31(30(26)20-28)21-33-32(29)22-38(46)54-37(27-17-18-51-23-27)12-10-11-36(24(2)40(33)47)55-39-16-15-34(45(4)5)25(3)52-39/h13-14,17-18,21,23-26,28-32,34-37,39,41-44H,9-12,15-16,19-20,22H2,1-8H3/t24?,25-,26?,28?,29?,30?,31?,32?,34-,35+,36?,37?,39?,41?,42?,43?,44?/m1/s1. The normalized spacial score (nSPS) is 43.3. The number of fused-ring (bicyclic) bond motifs is 5. The highest BCUT2D eigenvalue weighted by Gasteiger charge is 2.53. The summed E-state index contributed by atoms with van der Waals surface area (Å²) in [4.78, 5) is 30.8. The molecule has 56 heavy (non-hydrogen) atoms. The molecule has 0 bridgehead atoms. The van der Waals surface area contributed by atoms with E-state index < -0.39 is 24.4 Å². The zero-order valence-electron chi connectivity index (χ0n) is 34.6. The minimum absolute atomic E-state index is 0.00339. The maximum Gasteiger partial charge on any atom is 0.307 e. The van der Waals surface area contributed by atoms with E-state index in [1.54, 1.807) is 33.9 Å². The number of nitrogens with zero attached hydrogens (tertiary/aromatic N) is 1. The van der Waals surface area contributed by atoms with E-state index in [0.29, 0.717) is 25.3 Å². The van der Waals surface area contributed by atoms with Crippen LogP contribution in [0.5, 0.6) is 0 Å². The molecule has 3 aliphatic heterocycles. The van der Waals surface area contributed by atoms with Crippen LogP contribution in [0.2, 0.25) is 0 Å². The van der Waals surface area contributed by atoms with Crippen molar-refractivity contribution in [3.63, 3.8) is 0 Å². The number of carbonyl (C=O) groups excluding carboxylic acids is 2. The molecule has 14 unspecified atom stereocenters. The first-order valence-electron chi connectivity index (χ1n) is 21.1. The van der Waals surface area contributed by atoms with Crippen LogP contribution in [-0.4, -0.2) is 113 Å². The van der Waals surface area contributed by atoms with E-state index in [0.717, 1.165) is 43.2 Å². The van der Waals surface area contributed by atoms with Crippen molar-refractivity contribution in [2.75, 3.05) is 35.4 Å². The summed E-state index contributed by atoms with van der Waals surface area (Å²) in [7, 11) is 9.17. The molecule has 3 saturated heterocycles. The van der Waals surface area contributed by atoms with Gasteiger partial charge in [-0.2, -0.15) is 0 Å². The zero-order valence-corrected chi connectivity index (χ0v) is 34.6. The highest BCUT2D eigenvalue weighted by Crippen LogP contribution is 2.54. The molecule has 0 spiro atoms. The lowest BCUT2D eigenvalue weighted by Gasteiger charge is -2.45. The van der Waals surface area contributed by atoms with Crippen LogP contribution >= 0.6 is 0 Å². The number of ketones is 1. The number of rotatable bonds is 10. The maximum absolute atomic E-state index is 14.8. The summed E-state index contributed by atoms with van der Waals surface area (Å²) in [6, 6.07) is 2.18. The molecule has 12 heteroatoms. The van der Waals surface area contributed by atoms with Crippen LogP contribution in [0.25, 0.3) is 0 Å². The van der Waals surface area contributed by atoms with Crippen LogP contribution in [0, 0.1) is 35.5 Å². The summed E-state index contributed by atoms with van der Waals surface area (Å²) in [5, 5.41) is 0. The molecule has 4 heterocycles. The largest absolute Gasteiger partial charge is 0.472 e. The van der Waals surface area contributed by atoms with Gasteiger partial charge in [0.05, 0.1) is 43.4 Å². The average Bonchev–Trinajstić information content (AvgIpc) is 3.95. The third-order valence-corrected chi connectivity index (χ3v) is 13.9. The fourth-order valence-corrected chi connectivity index (χ4v) is 10.9. The molecule has 4 fully saturated rings. The van der Waals surface area contributed by atoms with Gasteiger partial charge in [-0.1, -0.05) is 32.1 Å². The number of ether oxygens (including phenoxy) is 8. The Morgan fingerprint density at radius 2 is 1.66 bits per heavy atom. The Morgan fingerprint density at radius 3 is 2.34 bits per heavy atom. The van der Waals surface area contributed by atoms with Crippen LogP contribution in [-0.2, 0) is 47.5 Å². The monoisotopic (exact) mass is 783 g/mol. The molecule has 1 aromatic rings. The first kappa shape index (κ1) is 41.7. The van der Waals surface area contributed by atoms with Gasteiger partial charge in [0.2, 0.25) is 0 Å². The summed E-state index contributed by atoms with van der Waals surface area (Å²) in [5.74, 6) is -0.351. The van der Waals surface area contributed by atoms with Gasteiger partial charge in [0.25, 0.3) is 0 Å². The summed E-state index contributed by atoms with van der Waals surface area (Å²) >= 11 is 0. The number of cyclic esters (lactones) is 1. The topological polar surface area (TPSA) is 124 Å². The van der Waals surface area contributed by atoms with Crippen LogP contribution in [0.4, 0.5) is 0 Å². The molecule has 0 N–H and O–H groups in total. The quantitative estimate of drug-likeness (QED) is 0.192. The third-order valence-electron chi connectivity index (χ3n) is 13.9. The Bertz CT molecular complexity index is 1530. The van der Waals surface area contributed by atoms with E-state index in [2.05, 4.69) is 51.1 Å². The molecule has 12 nitrogen and oxygen atoms in total. The molecule has 7 rings (SSSR count). The first-order valence-corrected chi connectivity index (χ1v) is 21.1.